The molecule has 0 spiro atoms. The lowest BCUT2D eigenvalue weighted by atomic mass is 10.3. The predicted molar refractivity (Wildman–Crippen MR) is 123 cm³/mol. The maximum absolute atomic E-state index is 5.96. The number of fused-ring (bicyclic) bond motifs is 1. The van der Waals surface area contributed by atoms with E-state index in [0.29, 0.717) is 18.2 Å². The van der Waals surface area contributed by atoms with E-state index >= 15 is 0 Å². The van der Waals surface area contributed by atoms with Crippen LogP contribution >= 0.6 is 11.6 Å². The van der Waals surface area contributed by atoms with Crippen LogP contribution in [0.3, 0.4) is 0 Å². The summed E-state index contributed by atoms with van der Waals surface area (Å²) in [4.78, 5) is 4.78. The molecule has 0 aliphatic carbocycles. The fraction of sp³-hybridized carbons (Fsp3) is 0.240. The summed E-state index contributed by atoms with van der Waals surface area (Å²) in [5.74, 6) is 3.30. The number of aryl methyl sites for hydroxylation is 1. The highest BCUT2D eigenvalue weighted by Gasteiger charge is 2.11. The maximum Gasteiger partial charge on any atom is 0.147 e. The number of ether oxygens (including phenoxy) is 3. The molecule has 0 bridgehead atoms. The molecule has 0 aliphatic rings. The van der Waals surface area contributed by atoms with Gasteiger partial charge in [0.05, 0.1) is 24.8 Å². The normalized spacial score (nSPS) is 10.9. The molecule has 6 heteroatoms. The average molecular weight is 437 g/mol. The summed E-state index contributed by atoms with van der Waals surface area (Å²) in [6.45, 7) is 1.90. The molecule has 0 fully saturated rings. The molecule has 3 aromatic carbocycles. The van der Waals surface area contributed by atoms with Crippen LogP contribution in [0.25, 0.3) is 11.0 Å². The Bertz CT molecular complexity index is 1130. The molecule has 5 nitrogen and oxygen atoms in total. The van der Waals surface area contributed by atoms with Gasteiger partial charge in [0.2, 0.25) is 0 Å². The number of benzene rings is 3. The van der Waals surface area contributed by atoms with Gasteiger partial charge in [0.1, 0.15) is 29.7 Å². The summed E-state index contributed by atoms with van der Waals surface area (Å²) in [6, 6.07) is 23.2. The van der Waals surface area contributed by atoms with E-state index in [2.05, 4.69) is 10.6 Å². The van der Waals surface area contributed by atoms with Gasteiger partial charge >= 0.3 is 0 Å². The topological polar surface area (TPSA) is 45.5 Å². The van der Waals surface area contributed by atoms with Gasteiger partial charge in [0, 0.05) is 17.6 Å². The summed E-state index contributed by atoms with van der Waals surface area (Å²) in [5.41, 5.74) is 2.09. The lowest BCUT2D eigenvalue weighted by Crippen LogP contribution is -2.08. The van der Waals surface area contributed by atoms with Gasteiger partial charge in [-0.05, 0) is 61.4 Å². The van der Waals surface area contributed by atoms with Crippen molar-refractivity contribution in [1.82, 2.24) is 9.55 Å². The minimum absolute atomic E-state index is 0.399. The Morgan fingerprint density at radius 3 is 2.48 bits per heavy atom. The van der Waals surface area contributed by atoms with Crippen LogP contribution in [0.15, 0.2) is 72.8 Å². The van der Waals surface area contributed by atoms with Crippen molar-refractivity contribution in [2.75, 3.05) is 13.7 Å². The lowest BCUT2D eigenvalue weighted by molar-refractivity contribution is 0.284. The van der Waals surface area contributed by atoms with Crippen molar-refractivity contribution in [2.45, 2.75) is 26.0 Å². The van der Waals surface area contributed by atoms with Gasteiger partial charge in [-0.3, -0.25) is 0 Å². The minimum atomic E-state index is 0.399. The van der Waals surface area contributed by atoms with E-state index in [1.54, 1.807) is 7.11 Å². The fourth-order valence-corrected chi connectivity index (χ4v) is 3.54. The molecule has 4 aromatic rings. The molecule has 4 rings (SSSR count). The number of nitrogens with zero attached hydrogens (tertiary/aromatic N) is 2. The van der Waals surface area contributed by atoms with E-state index in [1.165, 1.54) is 0 Å². The number of para-hydroxylation sites is 2. The third kappa shape index (κ3) is 5.50. The first kappa shape index (κ1) is 21.1. The zero-order valence-electron chi connectivity index (χ0n) is 17.5. The standard InChI is InChI=1S/C25H25ClN2O3/c1-29-21-7-6-8-22(17-21)30-16-5-4-15-28-24-10-3-2-9-23(24)27-25(28)18-31-20-13-11-19(26)12-14-20/h2-3,6-14,17H,4-5,15-16,18H2,1H3. The van der Waals surface area contributed by atoms with Crippen molar-refractivity contribution >= 4 is 22.6 Å². The van der Waals surface area contributed by atoms with Crippen molar-refractivity contribution in [3.8, 4) is 17.2 Å². The summed E-state index contributed by atoms with van der Waals surface area (Å²) in [7, 11) is 1.66. The Morgan fingerprint density at radius 2 is 1.65 bits per heavy atom. The molecule has 0 unspecified atom stereocenters. The Morgan fingerprint density at radius 1 is 0.839 bits per heavy atom. The van der Waals surface area contributed by atoms with Crippen molar-refractivity contribution in [1.29, 1.82) is 0 Å². The number of hydrogen-bond donors (Lipinski definition) is 0. The molecule has 1 aromatic heterocycles. The van der Waals surface area contributed by atoms with E-state index in [9.17, 15) is 0 Å². The third-order valence-corrected chi connectivity index (χ3v) is 5.25. The van der Waals surface area contributed by atoms with Crippen molar-refractivity contribution in [2.24, 2.45) is 0 Å². The first-order valence-corrected chi connectivity index (χ1v) is 10.7. The van der Waals surface area contributed by atoms with Crippen molar-refractivity contribution in [3.63, 3.8) is 0 Å². The van der Waals surface area contributed by atoms with Crippen LogP contribution in [0.2, 0.25) is 5.02 Å². The maximum atomic E-state index is 5.96. The molecule has 0 saturated carbocycles. The highest BCUT2D eigenvalue weighted by atomic mass is 35.5. The molecule has 0 atom stereocenters. The summed E-state index contributed by atoms with van der Waals surface area (Å²) in [5, 5.41) is 0.691. The van der Waals surface area contributed by atoms with Crippen molar-refractivity contribution in [3.05, 3.63) is 83.6 Å². The molecule has 31 heavy (non-hydrogen) atoms. The molecular weight excluding hydrogens is 412 g/mol. The Labute approximate surface area is 187 Å². The van der Waals surface area contributed by atoms with Gasteiger partial charge in [-0.1, -0.05) is 29.8 Å². The number of aromatic nitrogens is 2. The quantitative estimate of drug-likeness (QED) is 0.280. The van der Waals surface area contributed by atoms with Crippen LogP contribution in [0.4, 0.5) is 0 Å². The lowest BCUT2D eigenvalue weighted by Gasteiger charge is -2.11. The molecule has 0 N–H and O–H groups in total. The molecule has 1 heterocycles. The number of unbranched alkanes of at least 4 members (excludes halogenated alkanes) is 1. The van der Waals surface area contributed by atoms with Gasteiger partial charge in [0.15, 0.2) is 0 Å². The van der Waals surface area contributed by atoms with Gasteiger partial charge in [-0.25, -0.2) is 4.98 Å². The zero-order valence-corrected chi connectivity index (χ0v) is 18.2. The van der Waals surface area contributed by atoms with Crippen LogP contribution in [0.1, 0.15) is 18.7 Å². The smallest absolute Gasteiger partial charge is 0.147 e. The van der Waals surface area contributed by atoms with Crippen LogP contribution in [-0.4, -0.2) is 23.3 Å². The van der Waals surface area contributed by atoms with E-state index in [1.807, 2.05) is 66.7 Å². The molecule has 0 saturated heterocycles. The second-order valence-corrected chi connectivity index (χ2v) is 7.58. The largest absolute Gasteiger partial charge is 0.497 e. The zero-order chi connectivity index (χ0) is 21.5. The number of imidazole rings is 1. The molecule has 0 amide bonds. The Kier molecular flexibility index (Phi) is 6.95. The minimum Gasteiger partial charge on any atom is -0.497 e. The van der Waals surface area contributed by atoms with E-state index in [0.717, 1.165) is 53.5 Å². The summed E-state index contributed by atoms with van der Waals surface area (Å²) >= 11 is 5.96. The van der Waals surface area contributed by atoms with E-state index < -0.39 is 0 Å². The monoisotopic (exact) mass is 436 g/mol. The first-order chi connectivity index (χ1) is 15.2. The highest BCUT2D eigenvalue weighted by Crippen LogP contribution is 2.21. The van der Waals surface area contributed by atoms with Gasteiger partial charge in [-0.2, -0.15) is 0 Å². The Balaban J connectivity index is 1.36. The first-order valence-electron chi connectivity index (χ1n) is 10.3. The second-order valence-electron chi connectivity index (χ2n) is 7.15. The van der Waals surface area contributed by atoms with Gasteiger partial charge in [0.25, 0.3) is 0 Å². The van der Waals surface area contributed by atoms with Crippen LogP contribution < -0.4 is 14.2 Å². The Hall–Kier alpha value is -3.18. The van der Waals surface area contributed by atoms with Crippen LogP contribution in [0.5, 0.6) is 17.2 Å². The molecule has 0 aliphatic heterocycles. The number of methoxy groups -OCH3 is 1. The van der Waals surface area contributed by atoms with Crippen molar-refractivity contribution < 1.29 is 14.2 Å². The van der Waals surface area contributed by atoms with Crippen LogP contribution in [-0.2, 0) is 13.2 Å². The SMILES string of the molecule is COc1cccc(OCCCCn2c(COc3ccc(Cl)cc3)nc3ccccc32)c1. The highest BCUT2D eigenvalue weighted by molar-refractivity contribution is 6.30. The van der Waals surface area contributed by atoms with Crippen LogP contribution in [0, 0.1) is 0 Å². The second kappa shape index (κ2) is 10.2. The number of halogens is 1. The molecule has 160 valence electrons. The van der Waals surface area contributed by atoms with E-state index in [4.69, 9.17) is 30.8 Å². The summed E-state index contributed by atoms with van der Waals surface area (Å²) < 4.78 is 19.3. The fourth-order valence-electron chi connectivity index (χ4n) is 3.42. The molecular formula is C25H25ClN2O3. The average Bonchev–Trinajstić information content (AvgIpc) is 3.16. The molecule has 0 radical (unpaired) electrons. The summed E-state index contributed by atoms with van der Waals surface area (Å²) in [6.07, 6.45) is 1.90. The van der Waals surface area contributed by atoms with Gasteiger partial charge in [-0.15, -0.1) is 0 Å². The van der Waals surface area contributed by atoms with Gasteiger partial charge < -0.3 is 18.8 Å². The van der Waals surface area contributed by atoms with E-state index in [-0.39, 0.29) is 0 Å². The number of rotatable bonds is 10. The third-order valence-electron chi connectivity index (χ3n) is 5.00. The number of hydrogen-bond acceptors (Lipinski definition) is 4. The predicted octanol–water partition coefficient (Wildman–Crippen LogP) is 6.14.